The van der Waals surface area contributed by atoms with Crippen LogP contribution in [0.1, 0.15) is 11.5 Å². The predicted molar refractivity (Wildman–Crippen MR) is 108 cm³/mol. The molecule has 0 aliphatic rings. The average Bonchev–Trinajstić information content (AvgIpc) is 2.70. The topological polar surface area (TPSA) is 139 Å². The molecular weight excluding hydrogens is 539 g/mol. The number of hydrogen-bond donors (Lipinski definition) is 0. The lowest BCUT2D eigenvalue weighted by molar-refractivity contribution is -0.387. The Hall–Kier alpha value is -2.93. The van der Waals surface area contributed by atoms with E-state index in [1.54, 1.807) is 0 Å². The van der Waals surface area contributed by atoms with Crippen LogP contribution in [0.4, 0.5) is 15.8 Å². The Morgan fingerprint density at radius 3 is 1.73 bits per heavy atom. The first-order valence-electron chi connectivity index (χ1n) is 7.72. The molecule has 0 saturated heterocycles. The molecule has 0 atom stereocenters. The number of esters is 2. The Labute approximate surface area is 185 Å². The fraction of sp³-hybridized carbons (Fsp3) is 0.176. The zero-order chi connectivity index (χ0) is 23.0. The summed E-state index contributed by atoms with van der Waals surface area (Å²) in [6, 6.07) is 7.57. The van der Waals surface area contributed by atoms with Crippen LogP contribution in [0.25, 0.3) is 0 Å². The summed E-state index contributed by atoms with van der Waals surface area (Å²) in [5, 5.41) is 21.1. The normalized spacial score (nSPS) is 9.93. The fourth-order valence-corrected chi connectivity index (χ4v) is 2.83. The number of nitro groups is 2. The van der Waals surface area contributed by atoms with Crippen molar-refractivity contribution in [1.82, 2.24) is 0 Å². The van der Waals surface area contributed by atoms with Crippen molar-refractivity contribution in [2.45, 2.75) is 5.92 Å². The number of hydrogen-bond acceptors (Lipinski definition) is 8. The second-order valence-electron chi connectivity index (χ2n) is 5.29. The van der Waals surface area contributed by atoms with E-state index in [1.807, 2.05) is 0 Å². The third-order valence-corrected chi connectivity index (χ3v) is 4.47. The third-order valence-electron chi connectivity index (χ3n) is 3.48. The number of carbonyl (C=O) groups excluding carboxylic acids is 2. The van der Waals surface area contributed by atoms with Gasteiger partial charge in [-0.15, -0.1) is 0 Å². The lowest BCUT2D eigenvalue weighted by Crippen LogP contribution is -2.25. The molecule has 0 heterocycles. The van der Waals surface area contributed by atoms with Gasteiger partial charge in [-0.1, -0.05) is 31.9 Å². The summed E-state index contributed by atoms with van der Waals surface area (Å²) in [6.45, 7) is 0. The van der Waals surface area contributed by atoms with Crippen LogP contribution in [0.5, 0.6) is 0 Å². The molecule has 0 aliphatic carbocycles. The van der Waals surface area contributed by atoms with Gasteiger partial charge in [-0.25, -0.2) is 0 Å². The molecule has 0 radical (unpaired) electrons. The standard InChI is InChI=1S/C11H10BrNO6.C6H3BrFNO2/c1-18-10(14)9(11(15)19-2)7-4-3-6(12)5-8(7)13(16)17;7-4-1-2-5(8)6(3-4)9(10)11/h3-5,9H,1-2H3;1-3H. The average molecular weight is 552 g/mol. The number of rotatable bonds is 5. The van der Waals surface area contributed by atoms with E-state index in [0.29, 0.717) is 8.95 Å². The zero-order valence-corrected chi connectivity index (χ0v) is 18.5. The maximum absolute atomic E-state index is 12.6. The van der Waals surface area contributed by atoms with Gasteiger partial charge in [-0.3, -0.25) is 29.8 Å². The predicted octanol–water partition coefficient (Wildman–Crippen LogP) is 4.28. The van der Waals surface area contributed by atoms with Crippen molar-refractivity contribution in [3.05, 3.63) is 77.0 Å². The van der Waals surface area contributed by atoms with Gasteiger partial charge in [0.15, 0.2) is 5.92 Å². The number of nitrogens with zero attached hydrogens (tertiary/aromatic N) is 2. The van der Waals surface area contributed by atoms with E-state index >= 15 is 0 Å². The molecule has 0 spiro atoms. The number of ether oxygens (including phenoxy) is 2. The van der Waals surface area contributed by atoms with E-state index in [2.05, 4.69) is 41.3 Å². The van der Waals surface area contributed by atoms with Gasteiger partial charge in [0.2, 0.25) is 5.82 Å². The minimum Gasteiger partial charge on any atom is -0.468 e. The second kappa shape index (κ2) is 11.3. The van der Waals surface area contributed by atoms with Gasteiger partial charge in [0, 0.05) is 21.1 Å². The summed E-state index contributed by atoms with van der Waals surface area (Å²) in [6.07, 6.45) is 0. The minimum absolute atomic E-state index is 0.0769. The summed E-state index contributed by atoms with van der Waals surface area (Å²) in [5.41, 5.74) is -0.957. The number of carbonyl (C=O) groups is 2. The maximum atomic E-state index is 12.6. The number of benzene rings is 2. The molecule has 2 aromatic carbocycles. The first-order valence-corrected chi connectivity index (χ1v) is 9.31. The summed E-state index contributed by atoms with van der Waals surface area (Å²) in [4.78, 5) is 42.9. The van der Waals surface area contributed by atoms with Gasteiger partial charge in [0.25, 0.3) is 5.69 Å². The van der Waals surface area contributed by atoms with E-state index < -0.39 is 39.2 Å². The first kappa shape index (κ1) is 25.1. The van der Waals surface area contributed by atoms with E-state index in [1.165, 1.54) is 24.3 Å². The molecule has 2 aromatic rings. The molecule has 0 N–H and O–H groups in total. The van der Waals surface area contributed by atoms with Crippen molar-refractivity contribution in [2.75, 3.05) is 14.2 Å². The van der Waals surface area contributed by atoms with Gasteiger partial charge < -0.3 is 9.47 Å². The van der Waals surface area contributed by atoms with Gasteiger partial charge in [-0.2, -0.15) is 4.39 Å². The van der Waals surface area contributed by atoms with Crippen LogP contribution in [0.3, 0.4) is 0 Å². The van der Waals surface area contributed by atoms with Crippen LogP contribution >= 0.6 is 31.9 Å². The van der Waals surface area contributed by atoms with Crippen LogP contribution in [-0.4, -0.2) is 36.0 Å². The molecule has 0 saturated carbocycles. The summed E-state index contributed by atoms with van der Waals surface area (Å²) < 4.78 is 22.5. The van der Waals surface area contributed by atoms with Crippen molar-refractivity contribution < 1.29 is 33.3 Å². The molecule has 30 heavy (non-hydrogen) atoms. The smallest absolute Gasteiger partial charge is 0.324 e. The van der Waals surface area contributed by atoms with Gasteiger partial charge in [-0.05, 0) is 24.3 Å². The molecule has 0 amide bonds. The van der Waals surface area contributed by atoms with Gasteiger partial charge in [0.1, 0.15) is 0 Å². The molecule has 13 heteroatoms. The van der Waals surface area contributed by atoms with Crippen molar-refractivity contribution in [1.29, 1.82) is 0 Å². The molecule has 0 aromatic heterocycles. The monoisotopic (exact) mass is 550 g/mol. The lowest BCUT2D eigenvalue weighted by atomic mass is 9.97. The highest BCUT2D eigenvalue weighted by Gasteiger charge is 2.36. The maximum Gasteiger partial charge on any atom is 0.324 e. The highest BCUT2D eigenvalue weighted by molar-refractivity contribution is 9.10. The SMILES string of the molecule is COC(=O)C(C(=O)OC)c1ccc(Br)cc1[N+](=O)[O-].O=[N+]([O-])c1cc(Br)ccc1F. The van der Waals surface area contributed by atoms with E-state index in [9.17, 15) is 34.2 Å². The number of halogens is 3. The molecule has 2 rings (SSSR count). The molecule has 0 bridgehead atoms. The highest BCUT2D eigenvalue weighted by atomic mass is 79.9. The lowest BCUT2D eigenvalue weighted by Gasteiger charge is -2.13. The summed E-state index contributed by atoms with van der Waals surface area (Å²) >= 11 is 6.08. The van der Waals surface area contributed by atoms with Crippen LogP contribution in [0.2, 0.25) is 0 Å². The van der Waals surface area contributed by atoms with Gasteiger partial charge >= 0.3 is 17.6 Å². The summed E-state index contributed by atoms with van der Waals surface area (Å²) in [5.74, 6) is -4.14. The largest absolute Gasteiger partial charge is 0.468 e. The van der Waals surface area contributed by atoms with Crippen LogP contribution in [0.15, 0.2) is 45.3 Å². The fourth-order valence-electron chi connectivity index (χ4n) is 2.13. The molecular formula is C17H13Br2FN2O8. The Bertz CT molecular complexity index is 970. The minimum atomic E-state index is -1.48. The Morgan fingerprint density at radius 1 is 0.900 bits per heavy atom. The summed E-state index contributed by atoms with van der Waals surface area (Å²) in [7, 11) is 2.17. The molecule has 10 nitrogen and oxygen atoms in total. The van der Waals surface area contributed by atoms with Gasteiger partial charge in [0.05, 0.1) is 29.6 Å². The van der Waals surface area contributed by atoms with Crippen molar-refractivity contribution >= 4 is 55.2 Å². The van der Waals surface area contributed by atoms with Crippen LogP contribution in [0, 0.1) is 26.0 Å². The highest BCUT2D eigenvalue weighted by Crippen LogP contribution is 2.31. The zero-order valence-electron chi connectivity index (χ0n) is 15.3. The van der Waals surface area contributed by atoms with Crippen molar-refractivity contribution in [3.8, 4) is 0 Å². The van der Waals surface area contributed by atoms with E-state index in [-0.39, 0.29) is 11.3 Å². The number of methoxy groups -OCH3 is 2. The van der Waals surface area contributed by atoms with Crippen molar-refractivity contribution in [2.24, 2.45) is 0 Å². The Kier molecular flexibility index (Phi) is 9.46. The molecule has 0 fully saturated rings. The van der Waals surface area contributed by atoms with E-state index in [4.69, 9.17) is 0 Å². The molecule has 0 aliphatic heterocycles. The quantitative estimate of drug-likeness (QED) is 0.232. The Morgan fingerprint density at radius 2 is 1.33 bits per heavy atom. The second-order valence-corrected chi connectivity index (χ2v) is 7.12. The number of nitro benzene ring substituents is 2. The van der Waals surface area contributed by atoms with Crippen LogP contribution < -0.4 is 0 Å². The first-order chi connectivity index (χ1) is 14.0. The Balaban J connectivity index is 0.000000346. The molecule has 0 unspecified atom stereocenters. The van der Waals surface area contributed by atoms with E-state index in [0.717, 1.165) is 26.4 Å². The third kappa shape index (κ3) is 6.56. The van der Waals surface area contributed by atoms with Crippen molar-refractivity contribution in [3.63, 3.8) is 0 Å². The van der Waals surface area contributed by atoms with Crippen LogP contribution in [-0.2, 0) is 19.1 Å². The molecule has 160 valence electrons.